The molecule has 1 atom stereocenters. The Morgan fingerprint density at radius 3 is 2.81 bits per heavy atom. The van der Waals surface area contributed by atoms with Crippen LogP contribution in [0.3, 0.4) is 0 Å². The third kappa shape index (κ3) is 3.29. The van der Waals surface area contributed by atoms with Gasteiger partial charge < -0.3 is 9.05 Å². The zero-order valence-corrected chi connectivity index (χ0v) is 12.7. The average Bonchev–Trinajstić information content (AvgIpc) is 3.11. The molecule has 1 fully saturated rings. The first-order valence-electron chi connectivity index (χ1n) is 7.47. The second-order valence-electron chi connectivity index (χ2n) is 6.00. The van der Waals surface area contributed by atoms with Crippen molar-refractivity contribution < 1.29 is 9.05 Å². The number of aromatic nitrogens is 4. The summed E-state index contributed by atoms with van der Waals surface area (Å²) in [7, 11) is 0. The van der Waals surface area contributed by atoms with E-state index < -0.39 is 0 Å². The molecule has 3 rings (SSSR count). The van der Waals surface area contributed by atoms with E-state index in [1.807, 2.05) is 6.92 Å². The molecular weight excluding hydrogens is 270 g/mol. The second kappa shape index (κ2) is 5.93. The van der Waals surface area contributed by atoms with Gasteiger partial charge in [-0.05, 0) is 25.3 Å². The first kappa shape index (κ1) is 14.2. The monoisotopic (exact) mass is 291 g/mol. The van der Waals surface area contributed by atoms with E-state index >= 15 is 0 Å². The minimum atomic E-state index is 0.183. The zero-order chi connectivity index (χ0) is 14.8. The van der Waals surface area contributed by atoms with Gasteiger partial charge in [-0.25, -0.2) is 0 Å². The highest BCUT2D eigenvalue weighted by Gasteiger charge is 2.30. The van der Waals surface area contributed by atoms with E-state index in [4.69, 9.17) is 9.05 Å². The molecule has 0 bridgehead atoms. The molecule has 21 heavy (non-hydrogen) atoms. The van der Waals surface area contributed by atoms with E-state index in [1.54, 1.807) is 0 Å². The molecule has 0 aliphatic carbocycles. The van der Waals surface area contributed by atoms with Crippen LogP contribution in [-0.4, -0.2) is 31.7 Å². The minimum Gasteiger partial charge on any atom is -0.340 e. The van der Waals surface area contributed by atoms with E-state index in [-0.39, 0.29) is 6.04 Å². The molecule has 2 aromatic rings. The van der Waals surface area contributed by atoms with Crippen molar-refractivity contribution in [1.82, 2.24) is 25.2 Å². The number of hydrogen-bond donors (Lipinski definition) is 0. The highest BCUT2D eigenvalue weighted by atomic mass is 16.5. The van der Waals surface area contributed by atoms with Crippen LogP contribution in [0, 0.1) is 12.8 Å². The van der Waals surface area contributed by atoms with Gasteiger partial charge in [0, 0.05) is 13.3 Å². The van der Waals surface area contributed by atoms with E-state index in [9.17, 15) is 0 Å². The topological polar surface area (TPSA) is 81.1 Å². The Hall–Kier alpha value is -1.76. The Balaban J connectivity index is 1.67. The summed E-state index contributed by atoms with van der Waals surface area (Å²) in [5.74, 6) is 3.34. The standard InChI is InChI=1S/C14H21N5O2/c1-9(2)7-12-16-13(21-17-12)8-19-6-4-5-11(19)14-15-10(3)20-18-14/h9,11H,4-8H2,1-3H3/t11-/m0/s1. The first-order chi connectivity index (χ1) is 10.1. The summed E-state index contributed by atoms with van der Waals surface area (Å²) < 4.78 is 10.4. The number of hydrogen-bond acceptors (Lipinski definition) is 7. The molecule has 2 aromatic heterocycles. The van der Waals surface area contributed by atoms with Crippen LogP contribution in [0.2, 0.25) is 0 Å². The van der Waals surface area contributed by atoms with Gasteiger partial charge in [0.1, 0.15) is 0 Å². The lowest BCUT2D eigenvalue weighted by Crippen LogP contribution is -2.23. The predicted molar refractivity (Wildman–Crippen MR) is 74.3 cm³/mol. The number of likely N-dealkylation sites (tertiary alicyclic amines) is 1. The Kier molecular flexibility index (Phi) is 4.01. The highest BCUT2D eigenvalue weighted by Crippen LogP contribution is 2.31. The summed E-state index contributed by atoms with van der Waals surface area (Å²) in [6, 6.07) is 0.183. The maximum atomic E-state index is 5.35. The van der Waals surface area contributed by atoms with Gasteiger partial charge in [-0.15, -0.1) is 0 Å². The van der Waals surface area contributed by atoms with Crippen molar-refractivity contribution in [3.63, 3.8) is 0 Å². The zero-order valence-electron chi connectivity index (χ0n) is 12.7. The van der Waals surface area contributed by atoms with Crippen LogP contribution in [-0.2, 0) is 13.0 Å². The maximum Gasteiger partial charge on any atom is 0.240 e. The lowest BCUT2D eigenvalue weighted by Gasteiger charge is -2.19. The fraction of sp³-hybridized carbons (Fsp3) is 0.714. The van der Waals surface area contributed by atoms with Gasteiger partial charge in [0.05, 0.1) is 12.6 Å². The Bertz CT molecular complexity index is 592. The van der Waals surface area contributed by atoms with Gasteiger partial charge in [0.2, 0.25) is 11.8 Å². The molecule has 7 heteroatoms. The molecule has 0 N–H and O–H groups in total. The fourth-order valence-electron chi connectivity index (χ4n) is 2.73. The van der Waals surface area contributed by atoms with Crippen LogP contribution in [0.1, 0.15) is 56.2 Å². The van der Waals surface area contributed by atoms with Crippen LogP contribution in [0.25, 0.3) is 0 Å². The van der Waals surface area contributed by atoms with Gasteiger partial charge in [0.25, 0.3) is 0 Å². The molecule has 0 amide bonds. The minimum absolute atomic E-state index is 0.183. The summed E-state index contributed by atoms with van der Waals surface area (Å²) in [5, 5.41) is 8.08. The van der Waals surface area contributed by atoms with Crippen molar-refractivity contribution in [3.05, 3.63) is 23.4 Å². The molecular formula is C14H21N5O2. The van der Waals surface area contributed by atoms with Crippen molar-refractivity contribution in [2.24, 2.45) is 5.92 Å². The third-order valence-electron chi connectivity index (χ3n) is 3.64. The molecule has 1 aliphatic rings. The Morgan fingerprint density at radius 1 is 1.24 bits per heavy atom. The van der Waals surface area contributed by atoms with E-state index in [0.29, 0.717) is 24.2 Å². The van der Waals surface area contributed by atoms with Crippen molar-refractivity contribution in [1.29, 1.82) is 0 Å². The van der Waals surface area contributed by atoms with Crippen molar-refractivity contribution in [2.75, 3.05) is 6.54 Å². The van der Waals surface area contributed by atoms with E-state index in [1.165, 1.54) is 0 Å². The number of aryl methyl sites for hydroxylation is 1. The van der Waals surface area contributed by atoms with Crippen LogP contribution in [0.5, 0.6) is 0 Å². The number of nitrogens with zero attached hydrogens (tertiary/aromatic N) is 5. The van der Waals surface area contributed by atoms with E-state index in [0.717, 1.165) is 37.5 Å². The van der Waals surface area contributed by atoms with Crippen molar-refractivity contribution in [3.8, 4) is 0 Å². The van der Waals surface area contributed by atoms with Gasteiger partial charge in [0.15, 0.2) is 11.6 Å². The SMILES string of the molecule is Cc1nc([C@@H]2CCCN2Cc2nc(CC(C)C)no2)no1. The van der Waals surface area contributed by atoms with Crippen LogP contribution >= 0.6 is 0 Å². The fourth-order valence-corrected chi connectivity index (χ4v) is 2.73. The summed E-state index contributed by atoms with van der Waals surface area (Å²) >= 11 is 0. The van der Waals surface area contributed by atoms with Crippen molar-refractivity contribution >= 4 is 0 Å². The maximum absolute atomic E-state index is 5.35. The molecule has 0 saturated carbocycles. The van der Waals surface area contributed by atoms with Crippen molar-refractivity contribution in [2.45, 2.75) is 52.6 Å². The molecule has 1 saturated heterocycles. The highest BCUT2D eigenvalue weighted by molar-refractivity contribution is 4.99. The smallest absolute Gasteiger partial charge is 0.240 e. The lowest BCUT2D eigenvalue weighted by atomic mass is 10.1. The normalized spacial score (nSPS) is 19.7. The molecule has 0 spiro atoms. The quantitative estimate of drug-likeness (QED) is 0.836. The summed E-state index contributed by atoms with van der Waals surface area (Å²) in [4.78, 5) is 11.1. The molecule has 7 nitrogen and oxygen atoms in total. The average molecular weight is 291 g/mol. The summed E-state index contributed by atoms with van der Waals surface area (Å²) in [5.41, 5.74) is 0. The molecule has 0 unspecified atom stereocenters. The molecule has 0 radical (unpaired) electrons. The van der Waals surface area contributed by atoms with Gasteiger partial charge >= 0.3 is 0 Å². The third-order valence-corrected chi connectivity index (χ3v) is 3.64. The molecule has 3 heterocycles. The van der Waals surface area contributed by atoms with Crippen LogP contribution in [0.15, 0.2) is 9.05 Å². The molecule has 0 aromatic carbocycles. The predicted octanol–water partition coefficient (Wildman–Crippen LogP) is 2.30. The molecule has 1 aliphatic heterocycles. The van der Waals surface area contributed by atoms with E-state index in [2.05, 4.69) is 39.0 Å². The van der Waals surface area contributed by atoms with Gasteiger partial charge in [-0.3, -0.25) is 4.90 Å². The largest absolute Gasteiger partial charge is 0.340 e. The van der Waals surface area contributed by atoms with Crippen LogP contribution < -0.4 is 0 Å². The Morgan fingerprint density at radius 2 is 2.10 bits per heavy atom. The first-order valence-corrected chi connectivity index (χ1v) is 7.47. The lowest BCUT2D eigenvalue weighted by molar-refractivity contribution is 0.202. The molecule has 114 valence electrons. The summed E-state index contributed by atoms with van der Waals surface area (Å²) in [6.45, 7) is 7.73. The van der Waals surface area contributed by atoms with Gasteiger partial charge in [-0.1, -0.05) is 24.2 Å². The van der Waals surface area contributed by atoms with Gasteiger partial charge in [-0.2, -0.15) is 9.97 Å². The summed E-state index contributed by atoms with van der Waals surface area (Å²) in [6.07, 6.45) is 2.99. The Labute approximate surface area is 123 Å². The van der Waals surface area contributed by atoms with Crippen LogP contribution in [0.4, 0.5) is 0 Å². The number of rotatable bonds is 5. The second-order valence-corrected chi connectivity index (χ2v) is 6.00.